The Morgan fingerprint density at radius 3 is 2.61 bits per heavy atom. The van der Waals surface area contributed by atoms with Crippen molar-refractivity contribution in [3.63, 3.8) is 0 Å². The second-order valence-corrected chi connectivity index (χ2v) is 4.37. The molecule has 0 saturated heterocycles. The fourth-order valence-corrected chi connectivity index (χ4v) is 1.81. The van der Waals surface area contributed by atoms with Gasteiger partial charge in [0.05, 0.1) is 5.69 Å². The van der Waals surface area contributed by atoms with Gasteiger partial charge in [0, 0.05) is 46.7 Å². The number of aryl methyl sites for hydroxylation is 2. The van der Waals surface area contributed by atoms with E-state index < -0.39 is 0 Å². The van der Waals surface area contributed by atoms with E-state index in [1.807, 2.05) is 6.92 Å². The highest BCUT2D eigenvalue weighted by Gasteiger charge is 2.04. The van der Waals surface area contributed by atoms with Crippen molar-refractivity contribution in [1.29, 1.82) is 0 Å². The number of imidazole rings is 1. The number of methoxy groups -OCH3 is 2. The largest absolute Gasteiger partial charge is 0.385 e. The maximum absolute atomic E-state index is 5.07. The monoisotopic (exact) mass is 255 g/mol. The fourth-order valence-electron chi connectivity index (χ4n) is 1.81. The van der Waals surface area contributed by atoms with Gasteiger partial charge in [-0.3, -0.25) is 0 Å². The Morgan fingerprint density at radius 2 is 1.89 bits per heavy atom. The molecular formula is C13H25N3O2. The van der Waals surface area contributed by atoms with Gasteiger partial charge in [0.2, 0.25) is 5.95 Å². The Labute approximate surface area is 109 Å². The molecule has 0 aliphatic rings. The molecule has 0 unspecified atom stereocenters. The lowest BCUT2D eigenvalue weighted by Crippen LogP contribution is -2.10. The highest BCUT2D eigenvalue weighted by molar-refractivity contribution is 5.28. The minimum absolute atomic E-state index is 0.782. The van der Waals surface area contributed by atoms with E-state index in [0.717, 1.165) is 57.2 Å². The molecule has 104 valence electrons. The molecule has 1 N–H and O–H groups in total. The number of aromatic nitrogens is 2. The lowest BCUT2D eigenvalue weighted by Gasteiger charge is -2.09. The molecule has 5 heteroatoms. The molecule has 0 radical (unpaired) electrons. The number of nitrogens with one attached hydrogen (secondary N) is 1. The van der Waals surface area contributed by atoms with Crippen LogP contribution in [0.4, 0.5) is 5.95 Å². The smallest absolute Gasteiger partial charge is 0.203 e. The fraction of sp³-hybridized carbons (Fsp3) is 0.769. The highest BCUT2D eigenvalue weighted by Crippen LogP contribution is 2.09. The van der Waals surface area contributed by atoms with Crippen molar-refractivity contribution in [1.82, 2.24) is 9.55 Å². The summed E-state index contributed by atoms with van der Waals surface area (Å²) in [4.78, 5) is 4.49. The van der Waals surface area contributed by atoms with Crippen LogP contribution < -0.4 is 5.32 Å². The van der Waals surface area contributed by atoms with Crippen molar-refractivity contribution >= 4 is 5.95 Å². The molecule has 0 aliphatic heterocycles. The van der Waals surface area contributed by atoms with Crippen LogP contribution in [0.15, 0.2) is 6.20 Å². The minimum Gasteiger partial charge on any atom is -0.385 e. The van der Waals surface area contributed by atoms with E-state index in [2.05, 4.69) is 21.1 Å². The summed E-state index contributed by atoms with van der Waals surface area (Å²) < 4.78 is 12.2. The number of anilines is 1. The van der Waals surface area contributed by atoms with Crippen LogP contribution in [-0.4, -0.2) is 43.5 Å². The van der Waals surface area contributed by atoms with Gasteiger partial charge in [-0.1, -0.05) is 0 Å². The molecule has 0 aromatic carbocycles. The molecule has 5 nitrogen and oxygen atoms in total. The zero-order valence-corrected chi connectivity index (χ0v) is 11.7. The van der Waals surface area contributed by atoms with Gasteiger partial charge in [-0.05, 0) is 26.2 Å². The number of unbranched alkanes of at least 4 members (excludes halogenated alkanes) is 1. The average molecular weight is 255 g/mol. The molecule has 0 spiro atoms. The first-order valence-corrected chi connectivity index (χ1v) is 6.53. The van der Waals surface area contributed by atoms with Crippen LogP contribution in [-0.2, 0) is 16.0 Å². The van der Waals surface area contributed by atoms with E-state index in [1.165, 1.54) is 0 Å². The van der Waals surface area contributed by atoms with Crippen molar-refractivity contribution in [2.45, 2.75) is 32.7 Å². The first kappa shape index (κ1) is 15.0. The number of nitrogens with zero attached hydrogens (tertiary/aromatic N) is 2. The molecule has 1 aromatic heterocycles. The third-order valence-corrected chi connectivity index (χ3v) is 2.70. The molecule has 1 heterocycles. The van der Waals surface area contributed by atoms with Crippen molar-refractivity contribution in [3.8, 4) is 0 Å². The van der Waals surface area contributed by atoms with E-state index in [1.54, 1.807) is 14.2 Å². The van der Waals surface area contributed by atoms with Gasteiger partial charge in [0.15, 0.2) is 0 Å². The maximum atomic E-state index is 5.07. The molecule has 0 atom stereocenters. The van der Waals surface area contributed by atoms with Crippen LogP contribution in [0, 0.1) is 6.92 Å². The summed E-state index contributed by atoms with van der Waals surface area (Å²) in [5.41, 5.74) is 1.05. The SMILES string of the molecule is COCCCCNc1nc(C)cn1CCCOC. The minimum atomic E-state index is 0.782. The van der Waals surface area contributed by atoms with Gasteiger partial charge in [0.25, 0.3) is 0 Å². The molecular weight excluding hydrogens is 230 g/mol. The van der Waals surface area contributed by atoms with E-state index in [9.17, 15) is 0 Å². The van der Waals surface area contributed by atoms with E-state index in [-0.39, 0.29) is 0 Å². The third-order valence-electron chi connectivity index (χ3n) is 2.70. The normalized spacial score (nSPS) is 10.8. The lowest BCUT2D eigenvalue weighted by atomic mass is 10.3. The Hall–Kier alpha value is -1.07. The van der Waals surface area contributed by atoms with Crippen LogP contribution in [0.3, 0.4) is 0 Å². The lowest BCUT2D eigenvalue weighted by molar-refractivity contribution is 0.190. The summed E-state index contributed by atoms with van der Waals surface area (Å²) in [5.74, 6) is 0.959. The molecule has 18 heavy (non-hydrogen) atoms. The Bertz CT molecular complexity index is 326. The topological polar surface area (TPSA) is 48.3 Å². The van der Waals surface area contributed by atoms with Crippen molar-refractivity contribution < 1.29 is 9.47 Å². The maximum Gasteiger partial charge on any atom is 0.203 e. The summed E-state index contributed by atoms with van der Waals surface area (Å²) in [6.45, 7) is 5.50. The Morgan fingerprint density at radius 1 is 1.17 bits per heavy atom. The van der Waals surface area contributed by atoms with E-state index >= 15 is 0 Å². The summed E-state index contributed by atoms with van der Waals surface area (Å²) in [5, 5.41) is 3.38. The standard InChI is InChI=1S/C13H25N3O2/c1-12-11-16(8-6-10-18-3)13(15-12)14-7-4-5-9-17-2/h11H,4-10H2,1-3H3,(H,14,15). The first-order valence-electron chi connectivity index (χ1n) is 6.53. The third kappa shape index (κ3) is 5.51. The van der Waals surface area contributed by atoms with Crippen LogP contribution in [0.5, 0.6) is 0 Å². The van der Waals surface area contributed by atoms with Crippen LogP contribution in [0.1, 0.15) is 25.0 Å². The number of rotatable bonds is 10. The summed E-state index contributed by atoms with van der Waals surface area (Å²) in [7, 11) is 3.47. The van der Waals surface area contributed by atoms with Crippen LogP contribution in [0.25, 0.3) is 0 Å². The zero-order chi connectivity index (χ0) is 13.2. The molecule has 0 saturated carbocycles. The zero-order valence-electron chi connectivity index (χ0n) is 11.7. The van der Waals surface area contributed by atoms with Gasteiger partial charge < -0.3 is 19.4 Å². The van der Waals surface area contributed by atoms with Gasteiger partial charge in [-0.15, -0.1) is 0 Å². The van der Waals surface area contributed by atoms with Crippen molar-refractivity contribution in [3.05, 3.63) is 11.9 Å². The Balaban J connectivity index is 2.33. The predicted molar refractivity (Wildman–Crippen MR) is 73.1 cm³/mol. The highest BCUT2D eigenvalue weighted by atomic mass is 16.5. The number of hydrogen-bond acceptors (Lipinski definition) is 4. The predicted octanol–water partition coefficient (Wildman–Crippen LogP) is 2.07. The quantitative estimate of drug-likeness (QED) is 0.650. The van der Waals surface area contributed by atoms with Crippen LogP contribution >= 0.6 is 0 Å². The van der Waals surface area contributed by atoms with Gasteiger partial charge in [-0.2, -0.15) is 0 Å². The van der Waals surface area contributed by atoms with E-state index in [0.29, 0.717) is 0 Å². The number of ether oxygens (including phenoxy) is 2. The summed E-state index contributed by atoms with van der Waals surface area (Å²) in [6.07, 6.45) is 5.25. The molecule has 0 bridgehead atoms. The van der Waals surface area contributed by atoms with E-state index in [4.69, 9.17) is 9.47 Å². The number of hydrogen-bond donors (Lipinski definition) is 1. The summed E-state index contributed by atoms with van der Waals surface area (Å²) >= 11 is 0. The molecule has 0 fully saturated rings. The van der Waals surface area contributed by atoms with Crippen LogP contribution in [0.2, 0.25) is 0 Å². The summed E-state index contributed by atoms with van der Waals surface area (Å²) in [6, 6.07) is 0. The second kappa shape index (κ2) is 8.94. The second-order valence-electron chi connectivity index (χ2n) is 4.37. The average Bonchev–Trinajstić information content (AvgIpc) is 2.70. The molecule has 1 rings (SSSR count). The van der Waals surface area contributed by atoms with Crippen molar-refractivity contribution in [2.24, 2.45) is 0 Å². The molecule has 0 aliphatic carbocycles. The first-order chi connectivity index (χ1) is 8.77. The molecule has 0 amide bonds. The van der Waals surface area contributed by atoms with Crippen molar-refractivity contribution in [2.75, 3.05) is 39.3 Å². The van der Waals surface area contributed by atoms with Gasteiger partial charge >= 0.3 is 0 Å². The Kier molecular flexibility index (Phi) is 7.44. The van der Waals surface area contributed by atoms with Gasteiger partial charge in [0.1, 0.15) is 0 Å². The van der Waals surface area contributed by atoms with Gasteiger partial charge in [-0.25, -0.2) is 4.98 Å². The molecule has 1 aromatic rings.